The molecule has 2 aliphatic heterocycles. The second kappa shape index (κ2) is 8.80. The van der Waals surface area contributed by atoms with Gasteiger partial charge in [0.05, 0.1) is 6.42 Å². The third-order valence-corrected chi connectivity index (χ3v) is 6.53. The monoisotopic (exact) mass is 439 g/mol. The molecule has 5 rings (SSSR count). The van der Waals surface area contributed by atoms with Crippen molar-refractivity contribution >= 4 is 29.0 Å². The maximum atomic E-state index is 12.9. The molecule has 162 valence electrons. The van der Waals surface area contributed by atoms with Crippen molar-refractivity contribution in [3.8, 4) is 0 Å². The van der Waals surface area contributed by atoms with Crippen molar-refractivity contribution in [3.05, 3.63) is 52.8 Å². The van der Waals surface area contributed by atoms with Gasteiger partial charge in [0.2, 0.25) is 5.91 Å². The molecule has 3 aromatic rings. The van der Waals surface area contributed by atoms with Gasteiger partial charge in [-0.05, 0) is 55.3 Å². The van der Waals surface area contributed by atoms with Crippen molar-refractivity contribution in [3.63, 3.8) is 0 Å². The number of carbonyl (C=O) groups is 1. The number of aromatic nitrogens is 4. The fourth-order valence-corrected chi connectivity index (χ4v) is 4.58. The first-order valence-corrected chi connectivity index (χ1v) is 11.2. The molecule has 8 nitrogen and oxygen atoms in total. The quantitative estimate of drug-likeness (QED) is 0.607. The van der Waals surface area contributed by atoms with E-state index in [0.29, 0.717) is 19.5 Å². The van der Waals surface area contributed by atoms with Gasteiger partial charge < -0.3 is 9.80 Å². The van der Waals surface area contributed by atoms with E-state index in [9.17, 15) is 4.79 Å². The van der Waals surface area contributed by atoms with Gasteiger partial charge >= 0.3 is 0 Å². The smallest absolute Gasteiger partial charge is 0.227 e. The van der Waals surface area contributed by atoms with Gasteiger partial charge in [0, 0.05) is 37.7 Å². The lowest BCUT2D eigenvalue weighted by atomic mass is 10.1. The maximum absolute atomic E-state index is 12.9. The van der Waals surface area contributed by atoms with E-state index in [1.165, 1.54) is 12.8 Å². The average molecular weight is 440 g/mol. The molecule has 0 bridgehead atoms. The zero-order chi connectivity index (χ0) is 21.2. The van der Waals surface area contributed by atoms with E-state index in [1.54, 1.807) is 10.8 Å². The summed E-state index contributed by atoms with van der Waals surface area (Å²) in [6, 6.07) is 9.87. The fraction of sp³-hybridized carbons (Fsp3) is 0.455. The van der Waals surface area contributed by atoms with Gasteiger partial charge in [0.1, 0.15) is 12.1 Å². The van der Waals surface area contributed by atoms with Crippen LogP contribution in [-0.4, -0.2) is 74.8 Å². The SMILES string of the molecule is O=C(Cc1ccc(Cl)c(CN2CCCC2)c1)N1CCN(c2ccc3nncn3n2)CC1. The molecule has 1 amide bonds. The van der Waals surface area contributed by atoms with Gasteiger partial charge in [-0.2, -0.15) is 4.52 Å². The summed E-state index contributed by atoms with van der Waals surface area (Å²) >= 11 is 6.42. The van der Waals surface area contributed by atoms with E-state index in [2.05, 4.69) is 31.2 Å². The predicted molar refractivity (Wildman–Crippen MR) is 119 cm³/mol. The van der Waals surface area contributed by atoms with Crippen molar-refractivity contribution in [1.82, 2.24) is 29.6 Å². The third kappa shape index (κ3) is 4.50. The van der Waals surface area contributed by atoms with Crippen LogP contribution in [0.15, 0.2) is 36.7 Å². The Morgan fingerprint density at radius 1 is 1.00 bits per heavy atom. The van der Waals surface area contributed by atoms with Gasteiger partial charge in [-0.3, -0.25) is 9.69 Å². The minimum absolute atomic E-state index is 0.163. The van der Waals surface area contributed by atoms with Crippen LogP contribution in [0.3, 0.4) is 0 Å². The van der Waals surface area contributed by atoms with Crippen LogP contribution in [0.4, 0.5) is 5.82 Å². The number of carbonyl (C=O) groups excluding carboxylic acids is 1. The molecule has 1 aromatic carbocycles. The fourth-order valence-electron chi connectivity index (χ4n) is 4.40. The molecule has 0 radical (unpaired) electrons. The van der Waals surface area contributed by atoms with Crippen LogP contribution in [0.25, 0.3) is 5.65 Å². The van der Waals surface area contributed by atoms with E-state index in [4.69, 9.17) is 11.6 Å². The van der Waals surface area contributed by atoms with Crippen LogP contribution in [0.5, 0.6) is 0 Å². The molecule has 0 saturated carbocycles. The summed E-state index contributed by atoms with van der Waals surface area (Å²) in [7, 11) is 0. The number of likely N-dealkylation sites (tertiary alicyclic amines) is 1. The van der Waals surface area contributed by atoms with E-state index < -0.39 is 0 Å². The number of hydrogen-bond donors (Lipinski definition) is 0. The largest absolute Gasteiger partial charge is 0.352 e. The van der Waals surface area contributed by atoms with Gasteiger partial charge in [-0.15, -0.1) is 15.3 Å². The first kappa shape index (κ1) is 20.2. The Balaban J connectivity index is 1.18. The zero-order valence-corrected chi connectivity index (χ0v) is 18.2. The molecule has 0 N–H and O–H groups in total. The van der Waals surface area contributed by atoms with Gasteiger partial charge in [-0.1, -0.05) is 23.7 Å². The van der Waals surface area contributed by atoms with Crippen LogP contribution in [0.2, 0.25) is 5.02 Å². The highest BCUT2D eigenvalue weighted by atomic mass is 35.5. The molecule has 2 aliphatic rings. The Labute approximate surface area is 186 Å². The van der Waals surface area contributed by atoms with E-state index in [0.717, 1.165) is 60.3 Å². The Hall–Kier alpha value is -2.71. The lowest BCUT2D eigenvalue weighted by Crippen LogP contribution is -2.49. The molecule has 0 atom stereocenters. The molecular formula is C22H26ClN7O. The molecule has 4 heterocycles. The molecule has 0 spiro atoms. The minimum Gasteiger partial charge on any atom is -0.352 e. The van der Waals surface area contributed by atoms with Crippen molar-refractivity contribution in [2.75, 3.05) is 44.2 Å². The highest BCUT2D eigenvalue weighted by Crippen LogP contribution is 2.22. The second-order valence-corrected chi connectivity index (χ2v) is 8.69. The molecule has 2 aromatic heterocycles. The average Bonchev–Trinajstić information content (AvgIpc) is 3.47. The number of halogens is 1. The summed E-state index contributed by atoms with van der Waals surface area (Å²) in [5.74, 6) is 1.04. The molecule has 9 heteroatoms. The van der Waals surface area contributed by atoms with E-state index in [1.807, 2.05) is 29.2 Å². The summed E-state index contributed by atoms with van der Waals surface area (Å²) in [5.41, 5.74) is 2.88. The number of rotatable bonds is 5. The lowest BCUT2D eigenvalue weighted by Gasteiger charge is -2.35. The van der Waals surface area contributed by atoms with Crippen LogP contribution in [-0.2, 0) is 17.8 Å². The number of hydrogen-bond acceptors (Lipinski definition) is 6. The molecule has 2 saturated heterocycles. The first-order valence-electron chi connectivity index (χ1n) is 10.9. The Bertz CT molecular complexity index is 1070. The van der Waals surface area contributed by atoms with Crippen LogP contribution in [0.1, 0.15) is 24.0 Å². The second-order valence-electron chi connectivity index (χ2n) is 8.28. The Morgan fingerprint density at radius 2 is 1.81 bits per heavy atom. The van der Waals surface area contributed by atoms with Crippen LogP contribution in [0, 0.1) is 0 Å². The van der Waals surface area contributed by atoms with Gasteiger partial charge in [0.15, 0.2) is 5.65 Å². The van der Waals surface area contributed by atoms with Crippen molar-refractivity contribution in [2.24, 2.45) is 0 Å². The summed E-state index contributed by atoms with van der Waals surface area (Å²) in [5, 5.41) is 13.2. The van der Waals surface area contributed by atoms with Crippen molar-refractivity contribution in [1.29, 1.82) is 0 Å². The minimum atomic E-state index is 0.163. The molecule has 31 heavy (non-hydrogen) atoms. The molecule has 0 aliphatic carbocycles. The topological polar surface area (TPSA) is 69.9 Å². The summed E-state index contributed by atoms with van der Waals surface area (Å²) in [4.78, 5) is 19.5. The van der Waals surface area contributed by atoms with Crippen LogP contribution >= 0.6 is 11.6 Å². The molecule has 2 fully saturated rings. The van der Waals surface area contributed by atoms with Crippen molar-refractivity contribution in [2.45, 2.75) is 25.8 Å². The highest BCUT2D eigenvalue weighted by molar-refractivity contribution is 6.31. The molecular weight excluding hydrogens is 414 g/mol. The standard InChI is InChI=1S/C22H26ClN7O/c23-19-4-3-17(13-18(19)15-27-7-1-2-8-27)14-22(31)29-11-9-28(10-12-29)21-6-5-20-25-24-16-30(20)26-21/h3-6,13,16H,1-2,7-12,14-15H2. The maximum Gasteiger partial charge on any atom is 0.227 e. The lowest BCUT2D eigenvalue weighted by molar-refractivity contribution is -0.130. The Morgan fingerprint density at radius 3 is 2.61 bits per heavy atom. The summed E-state index contributed by atoms with van der Waals surface area (Å²) in [6.45, 7) is 6.01. The van der Waals surface area contributed by atoms with Crippen LogP contribution < -0.4 is 4.90 Å². The number of benzene rings is 1. The zero-order valence-electron chi connectivity index (χ0n) is 17.5. The normalized spacial score (nSPS) is 17.6. The number of piperazine rings is 1. The summed E-state index contributed by atoms with van der Waals surface area (Å²) < 4.78 is 1.67. The van der Waals surface area contributed by atoms with Gasteiger partial charge in [-0.25, -0.2) is 0 Å². The summed E-state index contributed by atoms with van der Waals surface area (Å²) in [6.07, 6.45) is 4.52. The number of nitrogens with zero attached hydrogens (tertiary/aromatic N) is 7. The number of fused-ring (bicyclic) bond motifs is 1. The van der Waals surface area contributed by atoms with Gasteiger partial charge in [0.25, 0.3) is 0 Å². The third-order valence-electron chi connectivity index (χ3n) is 6.16. The highest BCUT2D eigenvalue weighted by Gasteiger charge is 2.23. The number of anilines is 1. The van der Waals surface area contributed by atoms with E-state index >= 15 is 0 Å². The number of amides is 1. The Kier molecular flexibility index (Phi) is 5.74. The predicted octanol–water partition coefficient (Wildman–Crippen LogP) is 2.26. The molecule has 0 unspecified atom stereocenters. The van der Waals surface area contributed by atoms with E-state index in [-0.39, 0.29) is 5.91 Å². The van der Waals surface area contributed by atoms with Crippen molar-refractivity contribution < 1.29 is 4.79 Å². The first-order chi connectivity index (χ1) is 15.2.